The van der Waals surface area contributed by atoms with E-state index in [0.717, 1.165) is 32.4 Å². The van der Waals surface area contributed by atoms with Crippen molar-refractivity contribution in [3.05, 3.63) is 0 Å². The van der Waals surface area contributed by atoms with Gasteiger partial charge < -0.3 is 4.90 Å². The molecular weight excluding hydrogens is 258 g/mol. The average Bonchev–Trinajstić information content (AvgIpc) is 2.41. The molecule has 1 unspecified atom stereocenters. The molecular formula is C14H23N3O3. The normalized spacial score (nSPS) is 26.0. The summed E-state index contributed by atoms with van der Waals surface area (Å²) in [6.45, 7) is 4.35. The molecule has 2 aliphatic heterocycles. The number of carbonyl (C=O) groups excluding carboxylic acids is 3. The number of rotatable bonds is 4. The molecule has 112 valence electrons. The Kier molecular flexibility index (Phi) is 4.75. The second-order valence-corrected chi connectivity index (χ2v) is 5.83. The fourth-order valence-corrected chi connectivity index (χ4v) is 2.88. The van der Waals surface area contributed by atoms with Gasteiger partial charge in [0.05, 0.1) is 0 Å². The van der Waals surface area contributed by atoms with Crippen molar-refractivity contribution in [3.63, 3.8) is 0 Å². The Morgan fingerprint density at radius 1 is 1.20 bits per heavy atom. The number of hydrogen-bond acceptors (Lipinski definition) is 4. The van der Waals surface area contributed by atoms with Gasteiger partial charge in [-0.2, -0.15) is 0 Å². The van der Waals surface area contributed by atoms with E-state index in [0.29, 0.717) is 18.9 Å². The average molecular weight is 281 g/mol. The first-order valence-electron chi connectivity index (χ1n) is 7.37. The summed E-state index contributed by atoms with van der Waals surface area (Å²) in [6.07, 6.45) is 3.22. The molecule has 0 aromatic heterocycles. The van der Waals surface area contributed by atoms with Gasteiger partial charge in [-0.3, -0.25) is 19.8 Å². The second-order valence-electron chi connectivity index (χ2n) is 5.83. The van der Waals surface area contributed by atoms with Crippen LogP contribution in [0.4, 0.5) is 4.79 Å². The molecule has 0 aliphatic carbocycles. The minimum atomic E-state index is -0.691. The van der Waals surface area contributed by atoms with Crippen LogP contribution in [-0.4, -0.2) is 54.3 Å². The summed E-state index contributed by atoms with van der Waals surface area (Å²) in [5, 5.41) is 2.31. The van der Waals surface area contributed by atoms with Crippen LogP contribution in [0.1, 0.15) is 32.6 Å². The van der Waals surface area contributed by atoms with E-state index in [4.69, 9.17) is 0 Å². The van der Waals surface area contributed by atoms with Crippen molar-refractivity contribution in [3.8, 4) is 0 Å². The second kappa shape index (κ2) is 6.35. The van der Waals surface area contributed by atoms with Crippen LogP contribution in [0.25, 0.3) is 0 Å². The topological polar surface area (TPSA) is 69.7 Å². The zero-order valence-corrected chi connectivity index (χ0v) is 12.2. The first-order valence-corrected chi connectivity index (χ1v) is 7.37. The predicted molar refractivity (Wildman–Crippen MR) is 73.9 cm³/mol. The van der Waals surface area contributed by atoms with Crippen LogP contribution in [0.5, 0.6) is 0 Å². The SMILES string of the molecule is CCCC1C(=O)NC(=O)N(CC2CCN(C)CC2)C1=O. The van der Waals surface area contributed by atoms with E-state index in [-0.39, 0.29) is 5.91 Å². The molecule has 2 rings (SSSR count). The smallest absolute Gasteiger partial charge is 0.306 e. The Hall–Kier alpha value is -1.43. The van der Waals surface area contributed by atoms with Crippen molar-refractivity contribution in [2.45, 2.75) is 32.6 Å². The molecule has 4 amide bonds. The van der Waals surface area contributed by atoms with Crippen molar-refractivity contribution in [2.75, 3.05) is 26.7 Å². The molecule has 2 heterocycles. The number of amides is 4. The number of hydrogen-bond donors (Lipinski definition) is 1. The maximum Gasteiger partial charge on any atom is 0.330 e. The van der Waals surface area contributed by atoms with Crippen LogP contribution in [0.2, 0.25) is 0 Å². The molecule has 2 saturated heterocycles. The number of likely N-dealkylation sites (tertiary alicyclic amines) is 1. The third-order valence-corrected chi connectivity index (χ3v) is 4.21. The Balaban J connectivity index is 2.00. The van der Waals surface area contributed by atoms with Gasteiger partial charge in [0.15, 0.2) is 0 Å². The zero-order valence-electron chi connectivity index (χ0n) is 12.2. The van der Waals surface area contributed by atoms with Gasteiger partial charge in [0.2, 0.25) is 11.8 Å². The molecule has 6 heteroatoms. The monoisotopic (exact) mass is 281 g/mol. The summed E-state index contributed by atoms with van der Waals surface area (Å²) in [4.78, 5) is 39.4. The maximum atomic E-state index is 12.3. The van der Waals surface area contributed by atoms with Crippen molar-refractivity contribution < 1.29 is 14.4 Å². The lowest BCUT2D eigenvalue weighted by Gasteiger charge is -2.35. The van der Waals surface area contributed by atoms with Crippen molar-refractivity contribution in [2.24, 2.45) is 11.8 Å². The minimum Gasteiger partial charge on any atom is -0.306 e. The highest BCUT2D eigenvalue weighted by Crippen LogP contribution is 2.21. The Morgan fingerprint density at radius 2 is 1.85 bits per heavy atom. The summed E-state index contributed by atoms with van der Waals surface area (Å²) < 4.78 is 0. The molecule has 1 atom stereocenters. The van der Waals surface area contributed by atoms with Gasteiger partial charge in [0.1, 0.15) is 5.92 Å². The van der Waals surface area contributed by atoms with Crippen LogP contribution >= 0.6 is 0 Å². The van der Waals surface area contributed by atoms with E-state index >= 15 is 0 Å². The highest BCUT2D eigenvalue weighted by molar-refractivity contribution is 6.16. The molecule has 0 saturated carbocycles. The lowest BCUT2D eigenvalue weighted by Crippen LogP contribution is -2.59. The van der Waals surface area contributed by atoms with Gasteiger partial charge in [-0.05, 0) is 45.3 Å². The standard InChI is InChI=1S/C14H23N3O3/c1-3-4-11-12(18)15-14(20)17(13(11)19)9-10-5-7-16(2)8-6-10/h10-11H,3-9H2,1-2H3,(H,15,18,20). The Labute approximate surface area is 119 Å². The summed E-state index contributed by atoms with van der Waals surface area (Å²) >= 11 is 0. The molecule has 0 bridgehead atoms. The molecule has 6 nitrogen and oxygen atoms in total. The van der Waals surface area contributed by atoms with Crippen molar-refractivity contribution >= 4 is 17.8 Å². The Morgan fingerprint density at radius 3 is 2.45 bits per heavy atom. The van der Waals surface area contributed by atoms with Crippen molar-refractivity contribution in [1.29, 1.82) is 0 Å². The zero-order chi connectivity index (χ0) is 14.7. The molecule has 2 fully saturated rings. The fraction of sp³-hybridized carbons (Fsp3) is 0.786. The highest BCUT2D eigenvalue weighted by atomic mass is 16.2. The summed E-state index contributed by atoms with van der Waals surface area (Å²) in [7, 11) is 2.07. The molecule has 1 N–H and O–H groups in total. The minimum absolute atomic E-state index is 0.320. The summed E-state index contributed by atoms with van der Waals surface area (Å²) in [6, 6.07) is -0.550. The van der Waals surface area contributed by atoms with Gasteiger partial charge in [-0.15, -0.1) is 0 Å². The summed E-state index contributed by atoms with van der Waals surface area (Å²) in [5.41, 5.74) is 0. The first-order chi connectivity index (χ1) is 9.52. The van der Waals surface area contributed by atoms with Gasteiger partial charge in [0.25, 0.3) is 0 Å². The van der Waals surface area contributed by atoms with E-state index in [1.54, 1.807) is 0 Å². The van der Waals surface area contributed by atoms with Crippen LogP contribution in [-0.2, 0) is 9.59 Å². The van der Waals surface area contributed by atoms with Gasteiger partial charge in [-0.25, -0.2) is 4.79 Å². The van der Waals surface area contributed by atoms with E-state index in [2.05, 4.69) is 17.3 Å². The molecule has 20 heavy (non-hydrogen) atoms. The van der Waals surface area contributed by atoms with Crippen LogP contribution in [0, 0.1) is 11.8 Å². The number of imide groups is 2. The molecule has 0 aromatic rings. The number of carbonyl (C=O) groups is 3. The van der Waals surface area contributed by atoms with E-state index < -0.39 is 17.9 Å². The molecule has 0 aromatic carbocycles. The number of nitrogens with zero attached hydrogens (tertiary/aromatic N) is 2. The lowest BCUT2D eigenvalue weighted by molar-refractivity contribution is -0.143. The largest absolute Gasteiger partial charge is 0.330 e. The van der Waals surface area contributed by atoms with Crippen molar-refractivity contribution in [1.82, 2.24) is 15.1 Å². The number of nitrogens with one attached hydrogen (secondary N) is 1. The predicted octanol–water partition coefficient (Wildman–Crippen LogP) is 0.823. The fourth-order valence-electron chi connectivity index (χ4n) is 2.88. The Bertz CT molecular complexity index is 402. The van der Waals surface area contributed by atoms with Crippen LogP contribution in [0.3, 0.4) is 0 Å². The van der Waals surface area contributed by atoms with Crippen LogP contribution < -0.4 is 5.32 Å². The first kappa shape index (κ1) is 15.0. The lowest BCUT2D eigenvalue weighted by atomic mass is 9.94. The third-order valence-electron chi connectivity index (χ3n) is 4.21. The van der Waals surface area contributed by atoms with Gasteiger partial charge in [-0.1, -0.05) is 13.3 Å². The van der Waals surface area contributed by atoms with E-state index in [1.807, 2.05) is 6.92 Å². The molecule has 2 aliphatic rings. The number of urea groups is 1. The molecule has 0 radical (unpaired) electrons. The molecule has 0 spiro atoms. The quantitative estimate of drug-likeness (QED) is 0.775. The van der Waals surface area contributed by atoms with E-state index in [1.165, 1.54) is 4.90 Å². The van der Waals surface area contributed by atoms with Crippen LogP contribution in [0.15, 0.2) is 0 Å². The van der Waals surface area contributed by atoms with E-state index in [9.17, 15) is 14.4 Å². The highest BCUT2D eigenvalue weighted by Gasteiger charge is 2.40. The van der Waals surface area contributed by atoms with Gasteiger partial charge in [0, 0.05) is 6.54 Å². The number of piperidine rings is 1. The summed E-state index contributed by atoms with van der Waals surface area (Å²) in [5.74, 6) is -1.11. The van der Waals surface area contributed by atoms with Gasteiger partial charge >= 0.3 is 6.03 Å². The number of barbiturate groups is 1. The maximum absolute atomic E-state index is 12.3. The third kappa shape index (κ3) is 3.17.